The van der Waals surface area contributed by atoms with Gasteiger partial charge in [0.15, 0.2) is 0 Å². The minimum atomic E-state index is -1.14. The number of nitriles is 1. The van der Waals surface area contributed by atoms with E-state index in [4.69, 9.17) is 5.26 Å². The second kappa shape index (κ2) is 3.91. The molecule has 1 aromatic rings. The standard InChI is InChI=1S/C10H10BrNO/c1-10(13,9(11)7-12)8-5-3-2-4-6-8/h2-6,9,13H,1H3. The van der Waals surface area contributed by atoms with Crippen molar-refractivity contribution in [1.29, 1.82) is 5.26 Å². The fourth-order valence-electron chi connectivity index (χ4n) is 1.05. The summed E-state index contributed by atoms with van der Waals surface area (Å²) in [6, 6.07) is 11.1. The van der Waals surface area contributed by atoms with E-state index < -0.39 is 10.4 Å². The number of hydrogen-bond acceptors (Lipinski definition) is 2. The van der Waals surface area contributed by atoms with Gasteiger partial charge in [-0.05, 0) is 12.5 Å². The second-order valence-corrected chi connectivity index (χ2v) is 3.92. The van der Waals surface area contributed by atoms with Gasteiger partial charge in [-0.15, -0.1) is 0 Å². The molecule has 0 aliphatic carbocycles. The zero-order valence-corrected chi connectivity index (χ0v) is 8.82. The molecule has 0 bridgehead atoms. The van der Waals surface area contributed by atoms with Gasteiger partial charge in [-0.1, -0.05) is 46.3 Å². The normalized spacial score (nSPS) is 17.1. The van der Waals surface area contributed by atoms with Crippen molar-refractivity contribution in [2.45, 2.75) is 17.4 Å². The summed E-state index contributed by atoms with van der Waals surface area (Å²) in [6.45, 7) is 1.62. The quantitative estimate of drug-likeness (QED) is 0.805. The molecular formula is C10H10BrNO. The van der Waals surface area contributed by atoms with E-state index >= 15 is 0 Å². The molecule has 13 heavy (non-hydrogen) atoms. The van der Waals surface area contributed by atoms with Crippen molar-refractivity contribution in [2.24, 2.45) is 0 Å². The Morgan fingerprint density at radius 3 is 2.46 bits per heavy atom. The summed E-state index contributed by atoms with van der Waals surface area (Å²) in [5.74, 6) is 0. The van der Waals surface area contributed by atoms with E-state index in [0.717, 1.165) is 5.56 Å². The maximum atomic E-state index is 9.98. The lowest BCUT2D eigenvalue weighted by Gasteiger charge is -2.24. The summed E-state index contributed by atoms with van der Waals surface area (Å²) >= 11 is 3.12. The molecule has 0 saturated heterocycles. The van der Waals surface area contributed by atoms with Crippen molar-refractivity contribution in [3.63, 3.8) is 0 Å². The molecule has 1 rings (SSSR count). The number of halogens is 1. The first kappa shape index (κ1) is 10.2. The van der Waals surface area contributed by atoms with Crippen molar-refractivity contribution in [2.75, 3.05) is 0 Å². The number of benzene rings is 1. The molecule has 2 nitrogen and oxygen atoms in total. The largest absolute Gasteiger partial charge is 0.383 e. The molecule has 0 heterocycles. The highest BCUT2D eigenvalue weighted by molar-refractivity contribution is 9.09. The van der Waals surface area contributed by atoms with Gasteiger partial charge >= 0.3 is 0 Å². The first-order valence-corrected chi connectivity index (χ1v) is 4.82. The average molecular weight is 240 g/mol. The minimum Gasteiger partial charge on any atom is -0.383 e. The van der Waals surface area contributed by atoms with Gasteiger partial charge in [-0.3, -0.25) is 0 Å². The first-order valence-electron chi connectivity index (χ1n) is 3.90. The molecule has 0 aliphatic heterocycles. The number of aliphatic hydroxyl groups is 1. The number of nitrogens with zero attached hydrogens (tertiary/aromatic N) is 1. The number of hydrogen-bond donors (Lipinski definition) is 1. The van der Waals surface area contributed by atoms with E-state index in [1.165, 1.54) is 0 Å². The van der Waals surface area contributed by atoms with Crippen molar-refractivity contribution >= 4 is 15.9 Å². The van der Waals surface area contributed by atoms with Gasteiger partial charge in [0.1, 0.15) is 10.4 Å². The Balaban J connectivity index is 3.02. The van der Waals surface area contributed by atoms with Crippen molar-refractivity contribution in [3.05, 3.63) is 35.9 Å². The molecule has 3 heteroatoms. The van der Waals surface area contributed by atoms with Gasteiger partial charge < -0.3 is 5.11 Å². The predicted molar refractivity (Wildman–Crippen MR) is 54.3 cm³/mol. The summed E-state index contributed by atoms with van der Waals surface area (Å²) in [6.07, 6.45) is 0. The summed E-state index contributed by atoms with van der Waals surface area (Å²) < 4.78 is 0. The maximum Gasteiger partial charge on any atom is 0.134 e. The van der Waals surface area contributed by atoms with Crippen LogP contribution in [0.1, 0.15) is 12.5 Å². The van der Waals surface area contributed by atoms with E-state index in [-0.39, 0.29) is 0 Å². The molecule has 0 saturated carbocycles. The van der Waals surface area contributed by atoms with E-state index in [2.05, 4.69) is 15.9 Å². The molecule has 0 amide bonds. The zero-order valence-electron chi connectivity index (χ0n) is 7.24. The lowest BCUT2D eigenvalue weighted by Crippen LogP contribution is -2.31. The summed E-state index contributed by atoms with van der Waals surface area (Å²) in [7, 11) is 0. The third kappa shape index (κ3) is 2.09. The van der Waals surface area contributed by atoms with Crippen LogP contribution in [0.15, 0.2) is 30.3 Å². The van der Waals surface area contributed by atoms with Crippen LogP contribution in [0.2, 0.25) is 0 Å². The SMILES string of the molecule is CC(O)(c1ccccc1)C(Br)C#N. The van der Waals surface area contributed by atoms with E-state index in [9.17, 15) is 5.11 Å². The average Bonchev–Trinajstić information content (AvgIpc) is 2.18. The van der Waals surface area contributed by atoms with E-state index in [0.29, 0.717) is 0 Å². The monoisotopic (exact) mass is 239 g/mol. The van der Waals surface area contributed by atoms with Crippen LogP contribution in [-0.4, -0.2) is 9.93 Å². The highest BCUT2D eigenvalue weighted by atomic mass is 79.9. The predicted octanol–water partition coefficient (Wildman–Crippen LogP) is 2.18. The highest BCUT2D eigenvalue weighted by Crippen LogP contribution is 2.28. The van der Waals surface area contributed by atoms with E-state index in [1.54, 1.807) is 19.1 Å². The van der Waals surface area contributed by atoms with Gasteiger partial charge in [0.2, 0.25) is 0 Å². The van der Waals surface area contributed by atoms with Gasteiger partial charge in [-0.25, -0.2) is 0 Å². The van der Waals surface area contributed by atoms with Crippen LogP contribution in [0.3, 0.4) is 0 Å². The molecule has 1 N–H and O–H groups in total. The first-order chi connectivity index (χ1) is 6.09. The summed E-state index contributed by atoms with van der Waals surface area (Å²) in [5.41, 5.74) is -0.408. The second-order valence-electron chi connectivity index (χ2n) is 3.01. The Labute approximate surface area is 85.9 Å². The molecule has 2 unspecified atom stereocenters. The fraction of sp³-hybridized carbons (Fsp3) is 0.300. The van der Waals surface area contributed by atoms with Gasteiger partial charge in [0.25, 0.3) is 0 Å². The van der Waals surface area contributed by atoms with Crippen LogP contribution in [0.5, 0.6) is 0 Å². The van der Waals surface area contributed by atoms with E-state index in [1.807, 2.05) is 24.3 Å². The third-order valence-corrected chi connectivity index (χ3v) is 3.06. The minimum absolute atomic E-state index is 0.595. The lowest BCUT2D eigenvalue weighted by molar-refractivity contribution is 0.0696. The fourth-order valence-corrected chi connectivity index (χ4v) is 1.31. The molecule has 0 fully saturated rings. The molecule has 0 aromatic heterocycles. The Morgan fingerprint density at radius 2 is 2.00 bits per heavy atom. The Morgan fingerprint density at radius 1 is 1.46 bits per heavy atom. The molecule has 0 aliphatic rings. The molecule has 2 atom stereocenters. The maximum absolute atomic E-state index is 9.98. The number of alkyl halides is 1. The Bertz CT molecular complexity index is 315. The van der Waals surface area contributed by atoms with Gasteiger partial charge in [0.05, 0.1) is 6.07 Å². The summed E-state index contributed by atoms with van der Waals surface area (Å²) in [4.78, 5) is -0.595. The smallest absolute Gasteiger partial charge is 0.134 e. The topological polar surface area (TPSA) is 44.0 Å². The van der Waals surface area contributed by atoms with Crippen LogP contribution in [0, 0.1) is 11.3 Å². The van der Waals surface area contributed by atoms with Crippen LogP contribution < -0.4 is 0 Å². The molecule has 68 valence electrons. The van der Waals surface area contributed by atoms with Crippen molar-refractivity contribution in [1.82, 2.24) is 0 Å². The summed E-state index contributed by atoms with van der Waals surface area (Å²) in [5, 5.41) is 18.7. The van der Waals surface area contributed by atoms with Crippen LogP contribution in [-0.2, 0) is 5.60 Å². The van der Waals surface area contributed by atoms with Crippen LogP contribution in [0.4, 0.5) is 0 Å². The Kier molecular flexibility index (Phi) is 3.07. The molecule has 1 aromatic carbocycles. The van der Waals surface area contributed by atoms with Crippen LogP contribution >= 0.6 is 15.9 Å². The molecule has 0 spiro atoms. The lowest BCUT2D eigenvalue weighted by atomic mass is 9.93. The van der Waals surface area contributed by atoms with Gasteiger partial charge in [-0.2, -0.15) is 5.26 Å². The van der Waals surface area contributed by atoms with Crippen molar-refractivity contribution < 1.29 is 5.11 Å². The van der Waals surface area contributed by atoms with Crippen molar-refractivity contribution in [3.8, 4) is 6.07 Å². The van der Waals surface area contributed by atoms with Gasteiger partial charge in [0, 0.05) is 0 Å². The highest BCUT2D eigenvalue weighted by Gasteiger charge is 2.31. The number of rotatable bonds is 2. The molecular weight excluding hydrogens is 230 g/mol. The third-order valence-electron chi connectivity index (χ3n) is 1.97. The molecule has 0 radical (unpaired) electrons. The zero-order chi connectivity index (χ0) is 9.90. The Hall–Kier alpha value is -0.850. The van der Waals surface area contributed by atoms with Crippen LogP contribution in [0.25, 0.3) is 0 Å².